The summed E-state index contributed by atoms with van der Waals surface area (Å²) in [5, 5.41) is 6.93. The Labute approximate surface area is 149 Å². The van der Waals surface area contributed by atoms with Crippen LogP contribution < -0.4 is 10.6 Å². The molecular weight excluding hydrogens is 345 g/mol. The van der Waals surface area contributed by atoms with Gasteiger partial charge >= 0.3 is 0 Å². The summed E-state index contributed by atoms with van der Waals surface area (Å²) < 4.78 is 0. The predicted octanol–water partition coefficient (Wildman–Crippen LogP) is 3.62. The summed E-state index contributed by atoms with van der Waals surface area (Å²) in [4.78, 5) is 15.8. The Hall–Kier alpha value is -0.550. The summed E-state index contributed by atoms with van der Waals surface area (Å²) in [6, 6.07) is 3.92. The van der Waals surface area contributed by atoms with Crippen molar-refractivity contribution in [1.82, 2.24) is 15.6 Å². The van der Waals surface area contributed by atoms with E-state index in [2.05, 4.69) is 15.6 Å². The maximum Gasteiger partial charge on any atom is 0.269 e. The van der Waals surface area contributed by atoms with Crippen molar-refractivity contribution < 1.29 is 4.79 Å². The van der Waals surface area contributed by atoms with Gasteiger partial charge in [0.25, 0.3) is 5.91 Å². The number of carbonyl (C=O) groups is 1. The minimum Gasteiger partial charge on any atom is -0.349 e. The van der Waals surface area contributed by atoms with Crippen LogP contribution in [0.3, 0.4) is 0 Å². The van der Waals surface area contributed by atoms with Crippen LogP contribution in [-0.4, -0.2) is 30.0 Å². The first-order valence-electron chi connectivity index (χ1n) is 7.39. The molecule has 0 aromatic carbocycles. The van der Waals surface area contributed by atoms with Crippen molar-refractivity contribution in [2.45, 2.75) is 44.6 Å². The lowest BCUT2D eigenvalue weighted by atomic mass is 10.1. The highest BCUT2D eigenvalue weighted by atomic mass is 35.5. The first kappa shape index (κ1) is 21.4. The van der Waals surface area contributed by atoms with Gasteiger partial charge < -0.3 is 10.6 Å². The van der Waals surface area contributed by atoms with Gasteiger partial charge in [0.05, 0.1) is 5.02 Å². The van der Waals surface area contributed by atoms with Crippen LogP contribution in [0.4, 0.5) is 0 Å². The highest BCUT2D eigenvalue weighted by molar-refractivity contribution is 6.30. The standard InChI is InChI=1S/C15H22ClN3O.2ClH/c16-12-7-8-14(19-11-12)15(20)18-10-9-17-13-5-3-1-2-4-6-13;;/h7-8,11,13,17H,1-6,9-10H2,(H,18,20);2*1H. The van der Waals surface area contributed by atoms with Gasteiger partial charge in [0.2, 0.25) is 0 Å². The van der Waals surface area contributed by atoms with Crippen molar-refractivity contribution in [1.29, 1.82) is 0 Å². The summed E-state index contributed by atoms with van der Waals surface area (Å²) in [5.41, 5.74) is 0.406. The molecule has 2 N–H and O–H groups in total. The number of nitrogens with zero attached hydrogens (tertiary/aromatic N) is 1. The van der Waals surface area contributed by atoms with E-state index in [1.807, 2.05) is 0 Å². The molecule has 1 aliphatic rings. The average Bonchev–Trinajstić information content (AvgIpc) is 2.73. The zero-order valence-corrected chi connectivity index (χ0v) is 14.9. The topological polar surface area (TPSA) is 54.0 Å². The number of pyridine rings is 1. The fraction of sp³-hybridized carbons (Fsp3) is 0.600. The molecule has 1 heterocycles. The summed E-state index contributed by atoms with van der Waals surface area (Å²) in [7, 11) is 0. The van der Waals surface area contributed by atoms with Crippen molar-refractivity contribution in [3.8, 4) is 0 Å². The Morgan fingerprint density at radius 1 is 1.14 bits per heavy atom. The van der Waals surface area contributed by atoms with Gasteiger partial charge in [-0.1, -0.05) is 37.3 Å². The van der Waals surface area contributed by atoms with Crippen molar-refractivity contribution >= 4 is 42.3 Å². The second kappa shape index (κ2) is 11.9. The third kappa shape index (κ3) is 7.63. The lowest BCUT2D eigenvalue weighted by molar-refractivity contribution is 0.0948. The molecule has 126 valence electrons. The van der Waals surface area contributed by atoms with Crippen LogP contribution in [0.25, 0.3) is 0 Å². The van der Waals surface area contributed by atoms with E-state index in [1.165, 1.54) is 44.7 Å². The van der Waals surface area contributed by atoms with Gasteiger partial charge in [-0.3, -0.25) is 4.79 Å². The van der Waals surface area contributed by atoms with E-state index in [0.29, 0.717) is 23.3 Å². The Bertz CT molecular complexity index is 421. The molecule has 0 radical (unpaired) electrons. The molecule has 0 unspecified atom stereocenters. The molecule has 0 bridgehead atoms. The Morgan fingerprint density at radius 2 is 1.82 bits per heavy atom. The smallest absolute Gasteiger partial charge is 0.269 e. The van der Waals surface area contributed by atoms with Crippen molar-refractivity contribution in [3.05, 3.63) is 29.0 Å². The largest absolute Gasteiger partial charge is 0.349 e. The van der Waals surface area contributed by atoms with Crippen LogP contribution in [0.1, 0.15) is 49.0 Å². The van der Waals surface area contributed by atoms with Gasteiger partial charge in [-0.15, -0.1) is 24.8 Å². The van der Waals surface area contributed by atoms with Crippen molar-refractivity contribution in [3.63, 3.8) is 0 Å². The molecule has 1 aromatic rings. The molecule has 2 rings (SSSR count). The maximum absolute atomic E-state index is 11.8. The molecular formula is C15H24Cl3N3O. The van der Waals surface area contributed by atoms with Crippen LogP contribution in [-0.2, 0) is 0 Å². The van der Waals surface area contributed by atoms with E-state index in [1.54, 1.807) is 12.1 Å². The third-order valence-corrected chi connectivity index (χ3v) is 3.88. The molecule has 1 aliphatic carbocycles. The minimum absolute atomic E-state index is 0. The van der Waals surface area contributed by atoms with Crippen LogP contribution in [0.5, 0.6) is 0 Å². The number of halogens is 3. The Kier molecular flexibility index (Phi) is 11.6. The van der Waals surface area contributed by atoms with E-state index in [0.717, 1.165) is 6.54 Å². The zero-order chi connectivity index (χ0) is 14.2. The zero-order valence-electron chi connectivity index (χ0n) is 12.5. The van der Waals surface area contributed by atoms with Gasteiger partial charge in [0, 0.05) is 25.3 Å². The van der Waals surface area contributed by atoms with Gasteiger partial charge in [-0.05, 0) is 25.0 Å². The Morgan fingerprint density at radius 3 is 2.41 bits per heavy atom. The molecule has 0 aliphatic heterocycles. The first-order chi connectivity index (χ1) is 9.75. The number of hydrogen-bond donors (Lipinski definition) is 2. The number of hydrogen-bond acceptors (Lipinski definition) is 3. The van der Waals surface area contributed by atoms with Gasteiger partial charge in [-0.2, -0.15) is 0 Å². The fourth-order valence-corrected chi connectivity index (χ4v) is 2.65. The number of nitrogens with one attached hydrogen (secondary N) is 2. The minimum atomic E-state index is -0.149. The predicted molar refractivity (Wildman–Crippen MR) is 95.6 cm³/mol. The average molecular weight is 369 g/mol. The molecule has 22 heavy (non-hydrogen) atoms. The van der Waals surface area contributed by atoms with E-state index in [-0.39, 0.29) is 30.7 Å². The number of aromatic nitrogens is 1. The first-order valence-corrected chi connectivity index (χ1v) is 7.76. The molecule has 7 heteroatoms. The number of amides is 1. The molecule has 1 aromatic heterocycles. The maximum atomic E-state index is 11.8. The Balaban J connectivity index is 0.00000220. The lowest BCUT2D eigenvalue weighted by Crippen LogP contribution is -2.37. The lowest BCUT2D eigenvalue weighted by Gasteiger charge is -2.16. The number of rotatable bonds is 5. The van der Waals surface area contributed by atoms with Crippen LogP contribution >= 0.6 is 36.4 Å². The second-order valence-corrected chi connectivity index (χ2v) is 5.70. The molecule has 0 saturated heterocycles. The van der Waals surface area contributed by atoms with Crippen molar-refractivity contribution in [2.75, 3.05) is 13.1 Å². The fourth-order valence-electron chi connectivity index (χ4n) is 2.54. The summed E-state index contributed by atoms with van der Waals surface area (Å²) in [6.07, 6.45) is 9.35. The monoisotopic (exact) mass is 367 g/mol. The molecule has 0 atom stereocenters. The summed E-state index contributed by atoms with van der Waals surface area (Å²) >= 11 is 5.74. The van der Waals surface area contributed by atoms with Crippen LogP contribution in [0.2, 0.25) is 5.02 Å². The van der Waals surface area contributed by atoms with Crippen LogP contribution in [0.15, 0.2) is 18.3 Å². The van der Waals surface area contributed by atoms with E-state index >= 15 is 0 Å². The number of carbonyl (C=O) groups excluding carboxylic acids is 1. The van der Waals surface area contributed by atoms with Gasteiger partial charge in [-0.25, -0.2) is 4.98 Å². The summed E-state index contributed by atoms with van der Waals surface area (Å²) in [5.74, 6) is -0.149. The van der Waals surface area contributed by atoms with E-state index in [4.69, 9.17) is 11.6 Å². The van der Waals surface area contributed by atoms with Crippen molar-refractivity contribution in [2.24, 2.45) is 0 Å². The van der Waals surface area contributed by atoms with Gasteiger partial charge in [0.1, 0.15) is 5.69 Å². The normalized spacial score (nSPS) is 15.1. The summed E-state index contributed by atoms with van der Waals surface area (Å²) in [6.45, 7) is 1.43. The van der Waals surface area contributed by atoms with Crippen LogP contribution in [0, 0.1) is 0 Å². The van der Waals surface area contributed by atoms with E-state index in [9.17, 15) is 4.79 Å². The second-order valence-electron chi connectivity index (χ2n) is 5.26. The highest BCUT2D eigenvalue weighted by Gasteiger charge is 2.11. The SMILES string of the molecule is Cl.Cl.O=C(NCCNC1CCCCCC1)c1ccc(Cl)cn1. The molecule has 1 saturated carbocycles. The van der Waals surface area contributed by atoms with Gasteiger partial charge in [0.15, 0.2) is 0 Å². The molecule has 1 amide bonds. The quantitative estimate of drug-likeness (QED) is 0.616. The molecule has 1 fully saturated rings. The third-order valence-electron chi connectivity index (χ3n) is 3.66. The van der Waals surface area contributed by atoms with E-state index < -0.39 is 0 Å². The highest BCUT2D eigenvalue weighted by Crippen LogP contribution is 2.16. The molecule has 0 spiro atoms. The molecule has 4 nitrogen and oxygen atoms in total.